The van der Waals surface area contributed by atoms with Crippen LogP contribution < -0.4 is 10.2 Å². The van der Waals surface area contributed by atoms with E-state index in [9.17, 15) is 0 Å². The molecule has 4 aromatic rings. The zero-order chi connectivity index (χ0) is 17.4. The van der Waals surface area contributed by atoms with Crippen LogP contribution in [0.25, 0.3) is 17.0 Å². The monoisotopic (exact) mass is 335 g/mol. The molecule has 0 bridgehead atoms. The fourth-order valence-electron chi connectivity index (χ4n) is 2.51. The number of hydrogen-bond donors (Lipinski definition) is 2. The van der Waals surface area contributed by atoms with Gasteiger partial charge >= 0.3 is 0 Å². The Hall–Kier alpha value is -3.49. The minimum absolute atomic E-state index is 0.506. The molecule has 126 valence electrons. The third kappa shape index (κ3) is 2.75. The molecule has 0 spiro atoms. The summed E-state index contributed by atoms with van der Waals surface area (Å²) >= 11 is 0. The fraction of sp³-hybridized carbons (Fsp3) is 0.188. The number of aromatic nitrogens is 7. The average Bonchev–Trinajstić information content (AvgIpc) is 3.21. The van der Waals surface area contributed by atoms with Gasteiger partial charge in [-0.15, -0.1) is 0 Å². The number of fused-ring (bicyclic) bond motifs is 1. The second-order valence-corrected chi connectivity index (χ2v) is 5.73. The van der Waals surface area contributed by atoms with Crippen LogP contribution in [0.2, 0.25) is 0 Å². The van der Waals surface area contributed by atoms with Gasteiger partial charge in [0.15, 0.2) is 0 Å². The number of anilines is 3. The first-order valence-corrected chi connectivity index (χ1v) is 7.76. The van der Waals surface area contributed by atoms with Crippen LogP contribution in [0.4, 0.5) is 17.7 Å². The van der Waals surface area contributed by atoms with E-state index in [1.165, 1.54) is 0 Å². The predicted octanol–water partition coefficient (Wildman–Crippen LogP) is 2.05. The number of nitrogens with one attached hydrogen (secondary N) is 2. The largest absolute Gasteiger partial charge is 0.347 e. The zero-order valence-electron chi connectivity index (χ0n) is 14.1. The van der Waals surface area contributed by atoms with Crippen LogP contribution in [0.3, 0.4) is 0 Å². The predicted molar refractivity (Wildman–Crippen MR) is 95.4 cm³/mol. The van der Waals surface area contributed by atoms with Gasteiger partial charge in [-0.2, -0.15) is 20.1 Å². The molecule has 2 N–H and O–H groups in total. The number of aryl methyl sites for hydroxylation is 1. The van der Waals surface area contributed by atoms with Crippen molar-refractivity contribution < 1.29 is 0 Å². The SMILES string of the molecule is Cc1nc(N(C)C)nc(-n2c(Nc3ccn[nH]3)nc3ccccc32)n1. The maximum absolute atomic E-state index is 4.66. The van der Waals surface area contributed by atoms with E-state index in [2.05, 4.69) is 35.5 Å². The van der Waals surface area contributed by atoms with Crippen LogP contribution in [-0.2, 0) is 0 Å². The number of rotatable bonds is 4. The molecule has 0 aliphatic heterocycles. The molecule has 9 heteroatoms. The lowest BCUT2D eigenvalue weighted by Gasteiger charge is -2.13. The first-order valence-electron chi connectivity index (χ1n) is 7.76. The molecular formula is C16H17N9. The third-order valence-electron chi connectivity index (χ3n) is 3.63. The highest BCUT2D eigenvalue weighted by Gasteiger charge is 2.17. The maximum Gasteiger partial charge on any atom is 0.242 e. The Labute approximate surface area is 143 Å². The van der Waals surface area contributed by atoms with Crippen molar-refractivity contribution in [1.29, 1.82) is 0 Å². The van der Waals surface area contributed by atoms with Gasteiger partial charge in [0.1, 0.15) is 11.6 Å². The van der Waals surface area contributed by atoms with E-state index < -0.39 is 0 Å². The van der Waals surface area contributed by atoms with Crippen LogP contribution in [0.1, 0.15) is 5.82 Å². The molecule has 0 aliphatic rings. The zero-order valence-corrected chi connectivity index (χ0v) is 14.1. The van der Waals surface area contributed by atoms with Crippen LogP contribution in [0, 0.1) is 6.92 Å². The van der Waals surface area contributed by atoms with E-state index in [-0.39, 0.29) is 0 Å². The van der Waals surface area contributed by atoms with Gasteiger partial charge in [0.2, 0.25) is 17.8 Å². The summed E-state index contributed by atoms with van der Waals surface area (Å²) in [4.78, 5) is 20.0. The molecule has 0 saturated heterocycles. The summed E-state index contributed by atoms with van der Waals surface area (Å²) in [7, 11) is 3.79. The van der Waals surface area contributed by atoms with E-state index in [1.54, 1.807) is 6.20 Å². The summed E-state index contributed by atoms with van der Waals surface area (Å²) in [6, 6.07) is 9.67. The quantitative estimate of drug-likeness (QED) is 0.588. The summed E-state index contributed by atoms with van der Waals surface area (Å²) in [5, 5.41) is 10.1. The Morgan fingerprint density at radius 2 is 1.88 bits per heavy atom. The molecule has 0 atom stereocenters. The molecule has 0 aliphatic carbocycles. The smallest absolute Gasteiger partial charge is 0.242 e. The number of hydrogen-bond acceptors (Lipinski definition) is 7. The van der Waals surface area contributed by atoms with Gasteiger partial charge in [-0.1, -0.05) is 12.1 Å². The van der Waals surface area contributed by atoms with E-state index >= 15 is 0 Å². The van der Waals surface area contributed by atoms with Gasteiger partial charge in [0.25, 0.3) is 0 Å². The Kier molecular flexibility index (Phi) is 3.53. The van der Waals surface area contributed by atoms with E-state index in [4.69, 9.17) is 0 Å². The molecule has 0 amide bonds. The number of benzene rings is 1. The van der Waals surface area contributed by atoms with Crippen molar-refractivity contribution >= 4 is 28.7 Å². The third-order valence-corrected chi connectivity index (χ3v) is 3.63. The standard InChI is InChI=1S/C16H17N9/c1-10-18-14(24(2)3)22-15(19-10)25-12-7-5-4-6-11(12)20-16(25)21-13-8-9-17-23-13/h4-9H,1-3H3,(H2,17,20,21,23). The van der Waals surface area contributed by atoms with Gasteiger partial charge in [-0.25, -0.2) is 9.55 Å². The van der Waals surface area contributed by atoms with E-state index in [0.29, 0.717) is 23.7 Å². The van der Waals surface area contributed by atoms with Crippen LogP contribution >= 0.6 is 0 Å². The Balaban J connectivity index is 1.93. The van der Waals surface area contributed by atoms with Crippen LogP contribution in [0.5, 0.6) is 0 Å². The highest BCUT2D eigenvalue weighted by atomic mass is 15.3. The Morgan fingerprint density at radius 1 is 1.04 bits per heavy atom. The van der Waals surface area contributed by atoms with Gasteiger partial charge in [0.05, 0.1) is 17.2 Å². The maximum atomic E-state index is 4.66. The topological polar surface area (TPSA) is 100 Å². The average molecular weight is 335 g/mol. The molecular weight excluding hydrogens is 318 g/mol. The normalized spacial score (nSPS) is 11.0. The highest BCUT2D eigenvalue weighted by Crippen LogP contribution is 2.25. The summed E-state index contributed by atoms with van der Waals surface area (Å²) in [5.74, 6) is 3.06. The van der Waals surface area contributed by atoms with Crippen molar-refractivity contribution in [3.05, 3.63) is 42.4 Å². The van der Waals surface area contributed by atoms with Crippen molar-refractivity contribution in [1.82, 2.24) is 34.7 Å². The van der Waals surface area contributed by atoms with Crippen LogP contribution in [-0.4, -0.2) is 48.8 Å². The fourth-order valence-corrected chi connectivity index (χ4v) is 2.51. The minimum atomic E-state index is 0.506. The second kappa shape index (κ2) is 5.86. The molecule has 0 saturated carbocycles. The molecule has 9 nitrogen and oxygen atoms in total. The lowest BCUT2D eigenvalue weighted by atomic mass is 10.3. The number of imidazole rings is 1. The summed E-state index contributed by atoms with van der Waals surface area (Å²) < 4.78 is 1.87. The number of para-hydroxylation sites is 2. The molecule has 25 heavy (non-hydrogen) atoms. The first-order chi connectivity index (χ1) is 12.1. The second-order valence-electron chi connectivity index (χ2n) is 5.73. The van der Waals surface area contributed by atoms with Gasteiger partial charge in [0, 0.05) is 20.2 Å². The molecule has 3 aromatic heterocycles. The molecule has 0 fully saturated rings. The summed E-state index contributed by atoms with van der Waals surface area (Å²) in [5.41, 5.74) is 1.74. The number of nitrogens with zero attached hydrogens (tertiary/aromatic N) is 7. The van der Waals surface area contributed by atoms with Crippen molar-refractivity contribution in [2.75, 3.05) is 24.3 Å². The van der Waals surface area contributed by atoms with Gasteiger partial charge < -0.3 is 10.2 Å². The lowest BCUT2D eigenvalue weighted by Crippen LogP contribution is -2.16. The molecule has 3 heterocycles. The summed E-state index contributed by atoms with van der Waals surface area (Å²) in [6.45, 7) is 1.85. The first kappa shape index (κ1) is 15.1. The highest BCUT2D eigenvalue weighted by molar-refractivity contribution is 5.81. The molecule has 0 radical (unpaired) electrons. The number of H-pyrrole nitrogens is 1. The Bertz CT molecular complexity index is 1020. The minimum Gasteiger partial charge on any atom is -0.347 e. The van der Waals surface area contributed by atoms with E-state index in [1.807, 2.05) is 60.8 Å². The van der Waals surface area contributed by atoms with Gasteiger partial charge in [-0.3, -0.25) is 5.10 Å². The molecule has 0 unspecified atom stereocenters. The Morgan fingerprint density at radius 3 is 2.64 bits per heavy atom. The summed E-state index contributed by atoms with van der Waals surface area (Å²) in [6.07, 6.45) is 1.67. The molecule has 4 rings (SSSR count). The number of aromatic amines is 1. The van der Waals surface area contributed by atoms with Crippen LogP contribution in [0.15, 0.2) is 36.5 Å². The van der Waals surface area contributed by atoms with Crippen molar-refractivity contribution in [2.24, 2.45) is 0 Å². The van der Waals surface area contributed by atoms with E-state index in [0.717, 1.165) is 16.9 Å². The lowest BCUT2D eigenvalue weighted by molar-refractivity contribution is 0.858. The van der Waals surface area contributed by atoms with Crippen molar-refractivity contribution in [3.8, 4) is 5.95 Å². The van der Waals surface area contributed by atoms with Crippen molar-refractivity contribution in [3.63, 3.8) is 0 Å². The molecule has 1 aromatic carbocycles. The van der Waals surface area contributed by atoms with Crippen molar-refractivity contribution in [2.45, 2.75) is 6.92 Å². The van der Waals surface area contributed by atoms with Gasteiger partial charge in [-0.05, 0) is 19.1 Å².